The van der Waals surface area contributed by atoms with E-state index in [1.807, 2.05) is 42.5 Å². The fourth-order valence-electron chi connectivity index (χ4n) is 4.73. The van der Waals surface area contributed by atoms with E-state index in [1.54, 1.807) is 0 Å². The number of likely N-dealkylation sites (tertiary alicyclic amines) is 1. The van der Waals surface area contributed by atoms with Gasteiger partial charge >= 0.3 is 0 Å². The van der Waals surface area contributed by atoms with Gasteiger partial charge in [0.15, 0.2) is 0 Å². The summed E-state index contributed by atoms with van der Waals surface area (Å²) in [6.45, 7) is 4.84. The molecule has 0 aromatic heterocycles. The molecular weight excluding hydrogens is 362 g/mol. The molecule has 0 aliphatic carbocycles. The molecule has 2 heterocycles. The second kappa shape index (κ2) is 8.37. The van der Waals surface area contributed by atoms with Crippen LogP contribution in [0.25, 0.3) is 0 Å². The molecule has 2 aromatic carbocycles. The van der Waals surface area contributed by atoms with Gasteiger partial charge in [-0.2, -0.15) is 0 Å². The summed E-state index contributed by atoms with van der Waals surface area (Å²) in [5.41, 5.74) is 2.48. The molecule has 5 nitrogen and oxygen atoms in total. The van der Waals surface area contributed by atoms with Crippen LogP contribution in [0.4, 0.5) is 0 Å². The van der Waals surface area contributed by atoms with Crippen LogP contribution in [0.1, 0.15) is 41.3 Å². The Morgan fingerprint density at radius 1 is 1.17 bits per heavy atom. The smallest absolute Gasteiger partial charge is 0.252 e. The maximum Gasteiger partial charge on any atom is 0.252 e. The molecule has 1 spiro atoms. The van der Waals surface area contributed by atoms with Crippen LogP contribution in [0.15, 0.2) is 54.6 Å². The third kappa shape index (κ3) is 4.06. The molecule has 152 valence electrons. The minimum absolute atomic E-state index is 0.0497. The Morgan fingerprint density at radius 2 is 1.93 bits per heavy atom. The van der Waals surface area contributed by atoms with Crippen LogP contribution in [0.3, 0.4) is 0 Å². The summed E-state index contributed by atoms with van der Waals surface area (Å²) in [5.74, 6) is -0.266. The topological polar surface area (TPSA) is 61.4 Å². The molecule has 0 unspecified atom stereocenters. The quantitative estimate of drug-likeness (QED) is 0.824. The first kappa shape index (κ1) is 19.6. The maximum atomic E-state index is 13.1. The monoisotopic (exact) mass is 391 g/mol. The molecule has 2 aliphatic heterocycles. The first-order chi connectivity index (χ1) is 14.1. The van der Waals surface area contributed by atoms with E-state index in [4.69, 9.17) is 0 Å². The normalized spacial score (nSPS) is 24.0. The lowest BCUT2D eigenvalue weighted by Gasteiger charge is -2.34. The Hall–Kier alpha value is -2.66. The number of benzene rings is 2. The Bertz CT molecular complexity index is 883. The molecule has 0 saturated carbocycles. The van der Waals surface area contributed by atoms with Gasteiger partial charge < -0.3 is 10.6 Å². The van der Waals surface area contributed by atoms with Crippen LogP contribution >= 0.6 is 0 Å². The van der Waals surface area contributed by atoms with Crippen molar-refractivity contribution in [3.05, 3.63) is 71.3 Å². The van der Waals surface area contributed by atoms with E-state index in [-0.39, 0.29) is 17.7 Å². The van der Waals surface area contributed by atoms with Gasteiger partial charge in [-0.15, -0.1) is 0 Å². The Balaban J connectivity index is 1.61. The number of fused-ring (bicyclic) bond motifs is 1. The average molecular weight is 392 g/mol. The number of carbonyl (C=O) groups is 2. The summed E-state index contributed by atoms with van der Waals surface area (Å²) in [7, 11) is 0. The summed E-state index contributed by atoms with van der Waals surface area (Å²) in [6, 6.07) is 18.1. The zero-order valence-electron chi connectivity index (χ0n) is 17.0. The van der Waals surface area contributed by atoms with E-state index in [0.717, 1.165) is 36.9 Å². The summed E-state index contributed by atoms with van der Waals surface area (Å²) < 4.78 is 0. The summed E-state index contributed by atoms with van der Waals surface area (Å²) >= 11 is 0. The average Bonchev–Trinajstić information content (AvgIpc) is 3.01. The first-order valence-corrected chi connectivity index (χ1v) is 10.6. The third-order valence-electron chi connectivity index (χ3n) is 6.19. The summed E-state index contributed by atoms with van der Waals surface area (Å²) in [6.07, 6.45) is 2.47. The number of nitrogens with zero attached hydrogens (tertiary/aromatic N) is 1. The number of aryl methyl sites for hydroxylation is 1. The molecule has 2 atom stereocenters. The molecule has 1 saturated heterocycles. The molecule has 2 aromatic rings. The molecule has 0 bridgehead atoms. The fourth-order valence-corrected chi connectivity index (χ4v) is 4.73. The predicted octanol–water partition coefficient (Wildman–Crippen LogP) is 2.76. The van der Waals surface area contributed by atoms with Crippen LogP contribution in [0, 0.1) is 5.92 Å². The molecule has 4 rings (SSSR count). The second-order valence-corrected chi connectivity index (χ2v) is 8.27. The minimum Gasteiger partial charge on any atom is -0.356 e. The molecule has 2 amide bonds. The van der Waals surface area contributed by atoms with Gasteiger partial charge in [-0.3, -0.25) is 14.5 Å². The highest BCUT2D eigenvalue weighted by molar-refractivity contribution is 5.97. The number of hydrogen-bond donors (Lipinski definition) is 2. The van der Waals surface area contributed by atoms with E-state index in [0.29, 0.717) is 19.6 Å². The highest BCUT2D eigenvalue weighted by Crippen LogP contribution is 2.36. The van der Waals surface area contributed by atoms with Crippen LogP contribution in [-0.4, -0.2) is 41.9 Å². The summed E-state index contributed by atoms with van der Waals surface area (Å²) in [4.78, 5) is 28.4. The van der Waals surface area contributed by atoms with Gasteiger partial charge in [-0.05, 0) is 36.5 Å². The van der Waals surface area contributed by atoms with Crippen molar-refractivity contribution in [2.45, 2.75) is 38.3 Å². The predicted molar refractivity (Wildman–Crippen MR) is 113 cm³/mol. The van der Waals surface area contributed by atoms with Crippen LogP contribution < -0.4 is 10.6 Å². The summed E-state index contributed by atoms with van der Waals surface area (Å²) in [5, 5.41) is 6.36. The van der Waals surface area contributed by atoms with Crippen molar-refractivity contribution in [2.75, 3.05) is 19.6 Å². The number of hydrogen-bond acceptors (Lipinski definition) is 3. The molecular formula is C24H29N3O2. The zero-order chi connectivity index (χ0) is 20.3. The van der Waals surface area contributed by atoms with E-state index in [9.17, 15) is 9.59 Å². The largest absolute Gasteiger partial charge is 0.356 e. The van der Waals surface area contributed by atoms with Gasteiger partial charge in [0.25, 0.3) is 5.91 Å². The third-order valence-corrected chi connectivity index (χ3v) is 6.19. The van der Waals surface area contributed by atoms with E-state index < -0.39 is 5.54 Å². The van der Waals surface area contributed by atoms with Crippen LogP contribution in [-0.2, 0) is 17.8 Å². The van der Waals surface area contributed by atoms with Gasteiger partial charge in [0.1, 0.15) is 0 Å². The molecule has 2 aliphatic rings. The number of carbonyl (C=O) groups excluding carboxylic acids is 2. The Labute approximate surface area is 172 Å². The van der Waals surface area contributed by atoms with Crippen molar-refractivity contribution in [3.63, 3.8) is 0 Å². The molecule has 2 N–H and O–H groups in total. The van der Waals surface area contributed by atoms with Crippen molar-refractivity contribution < 1.29 is 9.59 Å². The van der Waals surface area contributed by atoms with Gasteiger partial charge in [-0.1, -0.05) is 55.5 Å². The van der Waals surface area contributed by atoms with Gasteiger partial charge in [0.05, 0.1) is 11.5 Å². The molecule has 29 heavy (non-hydrogen) atoms. The van der Waals surface area contributed by atoms with Gasteiger partial charge in [0, 0.05) is 31.7 Å². The zero-order valence-corrected chi connectivity index (χ0v) is 17.0. The van der Waals surface area contributed by atoms with Crippen molar-refractivity contribution in [3.8, 4) is 0 Å². The van der Waals surface area contributed by atoms with Crippen LogP contribution in [0.5, 0.6) is 0 Å². The minimum atomic E-state index is -0.539. The lowest BCUT2D eigenvalue weighted by molar-refractivity contribution is -0.126. The van der Waals surface area contributed by atoms with Gasteiger partial charge in [0.2, 0.25) is 5.91 Å². The number of rotatable bonds is 5. The van der Waals surface area contributed by atoms with E-state index >= 15 is 0 Å². The highest BCUT2D eigenvalue weighted by atomic mass is 16.2. The molecule has 1 fully saturated rings. The van der Waals surface area contributed by atoms with Crippen molar-refractivity contribution in [1.82, 2.24) is 15.5 Å². The number of amides is 2. The Morgan fingerprint density at radius 3 is 2.72 bits per heavy atom. The first-order valence-electron chi connectivity index (χ1n) is 10.6. The lowest BCUT2D eigenvalue weighted by atomic mass is 9.82. The maximum absolute atomic E-state index is 13.1. The van der Waals surface area contributed by atoms with Crippen molar-refractivity contribution >= 4 is 11.8 Å². The molecule has 0 radical (unpaired) electrons. The number of nitrogens with one attached hydrogen (secondary N) is 2. The van der Waals surface area contributed by atoms with Gasteiger partial charge in [-0.25, -0.2) is 0 Å². The second-order valence-electron chi connectivity index (χ2n) is 8.27. The lowest BCUT2D eigenvalue weighted by Crippen LogP contribution is -2.57. The fraction of sp³-hybridized carbons (Fsp3) is 0.417. The highest BCUT2D eigenvalue weighted by Gasteiger charge is 2.51. The van der Waals surface area contributed by atoms with Crippen LogP contribution in [0.2, 0.25) is 0 Å². The SMILES string of the molecule is CCCNC(=O)[C@@H]1CN(Cc2ccccc2)C[C@]12CCc1ccccc1C(=O)N2. The van der Waals surface area contributed by atoms with Crippen molar-refractivity contribution in [1.29, 1.82) is 0 Å². The molecule has 5 heteroatoms. The van der Waals surface area contributed by atoms with E-state index in [2.05, 4.69) is 34.6 Å². The standard InChI is InChI=1S/C24H29N3O2/c1-2-14-25-23(29)21-16-27(15-18-8-4-3-5-9-18)17-24(21)13-12-19-10-6-7-11-20(19)22(28)26-24/h3-11,21H,2,12-17H2,1H3,(H,25,29)(H,26,28)/t21-,24+/m0/s1. The van der Waals surface area contributed by atoms with E-state index in [1.165, 1.54) is 5.56 Å². The van der Waals surface area contributed by atoms with Crippen molar-refractivity contribution in [2.24, 2.45) is 5.92 Å². The Kier molecular flexibility index (Phi) is 5.67.